The quantitative estimate of drug-likeness (QED) is 0.824. The molecule has 5 aliphatic rings. The number of likely N-dealkylation sites (tertiary alicyclic amines) is 1. The van der Waals surface area contributed by atoms with E-state index in [-0.39, 0.29) is 6.03 Å². The van der Waals surface area contributed by atoms with E-state index in [0.29, 0.717) is 5.41 Å². The Hall–Kier alpha value is -0.730. The molecular weight excluding hydrogens is 260 g/mol. The van der Waals surface area contributed by atoms with Gasteiger partial charge in [-0.15, -0.1) is 0 Å². The molecule has 0 radical (unpaired) electrons. The van der Waals surface area contributed by atoms with Crippen molar-refractivity contribution in [2.75, 3.05) is 19.6 Å². The van der Waals surface area contributed by atoms with Gasteiger partial charge in [0, 0.05) is 19.6 Å². The summed E-state index contributed by atoms with van der Waals surface area (Å²) in [5.41, 5.74) is 0.469. The molecule has 1 saturated heterocycles. The van der Waals surface area contributed by atoms with Crippen LogP contribution in [-0.4, -0.2) is 30.6 Å². The van der Waals surface area contributed by atoms with E-state index in [9.17, 15) is 4.79 Å². The van der Waals surface area contributed by atoms with Crippen LogP contribution in [-0.2, 0) is 0 Å². The van der Waals surface area contributed by atoms with Crippen LogP contribution in [0.3, 0.4) is 0 Å². The molecule has 21 heavy (non-hydrogen) atoms. The molecule has 5 rings (SSSR count). The molecule has 1 heterocycles. The molecule has 5 fully saturated rings. The van der Waals surface area contributed by atoms with Gasteiger partial charge in [0.1, 0.15) is 0 Å². The fourth-order valence-electron chi connectivity index (χ4n) is 6.16. The summed E-state index contributed by atoms with van der Waals surface area (Å²) >= 11 is 0. The fraction of sp³-hybridized carbons (Fsp3) is 0.944. The van der Waals surface area contributed by atoms with Gasteiger partial charge in [0.2, 0.25) is 0 Å². The third-order valence-electron chi connectivity index (χ3n) is 6.67. The molecule has 118 valence electrons. The summed E-state index contributed by atoms with van der Waals surface area (Å²) in [6.45, 7) is 2.88. The van der Waals surface area contributed by atoms with E-state index >= 15 is 0 Å². The number of carbonyl (C=O) groups is 1. The summed E-state index contributed by atoms with van der Waals surface area (Å²) in [7, 11) is 0. The maximum absolute atomic E-state index is 12.5. The van der Waals surface area contributed by atoms with Crippen molar-refractivity contribution in [1.82, 2.24) is 10.2 Å². The van der Waals surface area contributed by atoms with Crippen molar-refractivity contribution < 1.29 is 4.79 Å². The minimum Gasteiger partial charge on any atom is -0.337 e. The average Bonchev–Trinajstić information content (AvgIpc) is 2.72. The molecule has 1 aliphatic heterocycles. The number of urea groups is 1. The van der Waals surface area contributed by atoms with Gasteiger partial charge in [-0.05, 0) is 74.5 Å². The average molecular weight is 290 g/mol. The molecular formula is C18H30N2O. The van der Waals surface area contributed by atoms with Crippen molar-refractivity contribution in [2.24, 2.45) is 23.2 Å². The number of hydrogen-bond acceptors (Lipinski definition) is 1. The largest absolute Gasteiger partial charge is 0.337 e. The van der Waals surface area contributed by atoms with Gasteiger partial charge in [0.05, 0.1) is 0 Å². The first-order chi connectivity index (χ1) is 10.2. The van der Waals surface area contributed by atoms with Gasteiger partial charge < -0.3 is 10.2 Å². The first-order valence-electron chi connectivity index (χ1n) is 9.25. The highest BCUT2D eigenvalue weighted by molar-refractivity contribution is 5.74. The van der Waals surface area contributed by atoms with E-state index < -0.39 is 0 Å². The number of nitrogens with zero attached hydrogens (tertiary/aromatic N) is 1. The number of rotatable bonds is 2. The molecule has 0 aromatic rings. The van der Waals surface area contributed by atoms with Crippen LogP contribution >= 0.6 is 0 Å². The van der Waals surface area contributed by atoms with Crippen molar-refractivity contribution in [3.05, 3.63) is 0 Å². The van der Waals surface area contributed by atoms with Crippen LogP contribution in [0.5, 0.6) is 0 Å². The third-order valence-corrected chi connectivity index (χ3v) is 6.67. The minimum atomic E-state index is 0.215. The van der Waals surface area contributed by atoms with Crippen molar-refractivity contribution in [2.45, 2.75) is 64.2 Å². The number of carbonyl (C=O) groups excluding carboxylic acids is 1. The minimum absolute atomic E-state index is 0.215. The number of amides is 2. The van der Waals surface area contributed by atoms with Crippen LogP contribution in [0, 0.1) is 23.2 Å². The summed E-state index contributed by atoms with van der Waals surface area (Å²) in [5, 5.41) is 3.32. The second kappa shape index (κ2) is 5.48. The predicted molar refractivity (Wildman–Crippen MR) is 84.0 cm³/mol. The van der Waals surface area contributed by atoms with Gasteiger partial charge in [-0.3, -0.25) is 0 Å². The van der Waals surface area contributed by atoms with E-state index in [4.69, 9.17) is 0 Å². The third kappa shape index (κ3) is 2.80. The summed E-state index contributed by atoms with van der Waals surface area (Å²) in [5.74, 6) is 2.93. The van der Waals surface area contributed by atoms with Crippen LogP contribution in [0.25, 0.3) is 0 Å². The van der Waals surface area contributed by atoms with Crippen LogP contribution in [0.15, 0.2) is 0 Å². The summed E-state index contributed by atoms with van der Waals surface area (Å²) in [6, 6.07) is 0.215. The van der Waals surface area contributed by atoms with E-state index in [1.54, 1.807) is 0 Å². The van der Waals surface area contributed by atoms with Gasteiger partial charge >= 0.3 is 6.03 Å². The van der Waals surface area contributed by atoms with Gasteiger partial charge in [0.15, 0.2) is 0 Å². The maximum Gasteiger partial charge on any atom is 0.317 e. The number of hydrogen-bond donors (Lipinski definition) is 1. The smallest absolute Gasteiger partial charge is 0.317 e. The lowest BCUT2D eigenvalue weighted by molar-refractivity contribution is -0.0502. The molecule has 0 aromatic heterocycles. The highest BCUT2D eigenvalue weighted by atomic mass is 16.2. The van der Waals surface area contributed by atoms with Gasteiger partial charge in [-0.2, -0.15) is 0 Å². The molecule has 3 heteroatoms. The molecule has 4 bridgehead atoms. The number of nitrogens with one attached hydrogen (secondary N) is 1. The fourth-order valence-corrected chi connectivity index (χ4v) is 6.16. The van der Waals surface area contributed by atoms with E-state index in [2.05, 4.69) is 10.2 Å². The molecule has 4 saturated carbocycles. The standard InChI is InChI=1S/C18H30N2O/c21-17(20-5-3-1-2-4-6-20)19-13-18-10-14-7-15(11-18)9-16(8-14)12-18/h14-16H,1-13H2,(H,19,21). The highest BCUT2D eigenvalue weighted by Gasteiger charge is 2.50. The van der Waals surface area contributed by atoms with E-state index in [1.807, 2.05) is 0 Å². The summed E-state index contributed by atoms with van der Waals surface area (Å²) in [4.78, 5) is 14.5. The topological polar surface area (TPSA) is 32.3 Å². The van der Waals surface area contributed by atoms with Gasteiger partial charge in [-0.1, -0.05) is 12.8 Å². The Morgan fingerprint density at radius 3 is 1.95 bits per heavy atom. The second-order valence-corrected chi connectivity index (χ2v) is 8.48. The SMILES string of the molecule is O=C(NCC12CC3CC(CC(C3)C1)C2)N1CCCCCC1. The zero-order valence-corrected chi connectivity index (χ0v) is 13.3. The van der Waals surface area contributed by atoms with Crippen molar-refractivity contribution in [3.8, 4) is 0 Å². The Labute approximate surface area is 128 Å². The molecule has 4 aliphatic carbocycles. The predicted octanol–water partition coefficient (Wildman–Crippen LogP) is 3.79. The Bertz CT molecular complexity index is 363. The van der Waals surface area contributed by atoms with Crippen molar-refractivity contribution in [3.63, 3.8) is 0 Å². The summed E-state index contributed by atoms with van der Waals surface area (Å²) in [6.07, 6.45) is 13.6. The molecule has 0 spiro atoms. The monoisotopic (exact) mass is 290 g/mol. The van der Waals surface area contributed by atoms with E-state index in [1.165, 1.54) is 64.2 Å². The normalized spacial score (nSPS) is 41.9. The lowest BCUT2D eigenvalue weighted by atomic mass is 9.49. The molecule has 0 unspecified atom stereocenters. The van der Waals surface area contributed by atoms with Crippen LogP contribution in [0.4, 0.5) is 4.79 Å². The van der Waals surface area contributed by atoms with Crippen LogP contribution in [0.1, 0.15) is 64.2 Å². The van der Waals surface area contributed by atoms with Crippen LogP contribution in [0.2, 0.25) is 0 Å². The maximum atomic E-state index is 12.5. The summed E-state index contributed by atoms with van der Waals surface area (Å²) < 4.78 is 0. The molecule has 1 N–H and O–H groups in total. The molecule has 3 nitrogen and oxygen atoms in total. The molecule has 2 amide bonds. The first-order valence-corrected chi connectivity index (χ1v) is 9.25. The highest BCUT2D eigenvalue weighted by Crippen LogP contribution is 2.59. The Balaban J connectivity index is 1.34. The Kier molecular flexibility index (Phi) is 3.63. The van der Waals surface area contributed by atoms with Gasteiger partial charge in [-0.25, -0.2) is 4.79 Å². The van der Waals surface area contributed by atoms with Crippen LogP contribution < -0.4 is 5.32 Å². The zero-order valence-electron chi connectivity index (χ0n) is 13.3. The van der Waals surface area contributed by atoms with E-state index in [0.717, 1.165) is 37.4 Å². The zero-order chi connectivity index (χ0) is 14.3. The first kappa shape index (κ1) is 13.9. The second-order valence-electron chi connectivity index (χ2n) is 8.48. The molecule has 0 aromatic carbocycles. The van der Waals surface area contributed by atoms with Gasteiger partial charge in [0.25, 0.3) is 0 Å². The lowest BCUT2D eigenvalue weighted by Gasteiger charge is -2.57. The van der Waals surface area contributed by atoms with Crippen molar-refractivity contribution in [1.29, 1.82) is 0 Å². The Morgan fingerprint density at radius 1 is 0.905 bits per heavy atom. The van der Waals surface area contributed by atoms with Crippen molar-refractivity contribution >= 4 is 6.03 Å². The Morgan fingerprint density at radius 2 is 1.43 bits per heavy atom. The lowest BCUT2D eigenvalue weighted by Crippen LogP contribution is -2.52. The molecule has 0 atom stereocenters.